The van der Waals surface area contributed by atoms with E-state index in [4.69, 9.17) is 36.1 Å². The van der Waals surface area contributed by atoms with Gasteiger partial charge in [0, 0.05) is 24.3 Å². The fraction of sp³-hybridized carbons (Fsp3) is 0.333. The molecule has 0 aliphatic carbocycles. The molecule has 0 aliphatic rings. The average molecular weight is 429 g/mol. The number of carbonyl (C=O) groups excluding carboxylic acids is 1. The third-order valence-corrected chi connectivity index (χ3v) is 3.51. The molecule has 0 bridgehead atoms. The minimum atomic E-state index is -0.250. The van der Waals surface area contributed by atoms with Gasteiger partial charge >= 0.3 is 0 Å². The van der Waals surface area contributed by atoms with Gasteiger partial charge in [0.15, 0.2) is 6.61 Å². The van der Waals surface area contributed by atoms with E-state index in [9.17, 15) is 4.79 Å². The van der Waals surface area contributed by atoms with E-state index in [2.05, 4.69) is 9.97 Å². The Labute approximate surface area is 173 Å². The molecule has 0 unspecified atom stereocenters. The van der Waals surface area contributed by atoms with Crippen molar-refractivity contribution in [3.8, 4) is 5.75 Å². The molecule has 11 heteroatoms. The Kier molecular flexibility index (Phi) is 14.2. The molecule has 1 heterocycles. The van der Waals surface area contributed by atoms with Crippen LogP contribution in [0.4, 0.5) is 0 Å². The number of hydrogen-bond donors (Lipinski definition) is 3. The molecular weight excluding hydrogens is 404 g/mol. The van der Waals surface area contributed by atoms with Crippen LogP contribution in [0.1, 0.15) is 5.69 Å². The van der Waals surface area contributed by atoms with Gasteiger partial charge in [-0.15, -0.1) is 0 Å². The summed E-state index contributed by atoms with van der Waals surface area (Å²) in [5, 5.41) is 14.4. The van der Waals surface area contributed by atoms with Crippen molar-refractivity contribution in [2.24, 2.45) is 0 Å². The number of ether oxygens (including phenoxy) is 1. The lowest BCUT2D eigenvalue weighted by molar-refractivity contribution is -0.134. The number of imidazole rings is 1. The number of H-pyrrole nitrogens is 1. The van der Waals surface area contributed by atoms with Gasteiger partial charge in [0.2, 0.25) is 0 Å². The third kappa shape index (κ3) is 12.8. The SMILES string of the molecule is CN(C)CCN(Cc1cnc[nH]1)C(=O)COc1ccc(Cl)cc1.O=CO.O=CO. The number of carbonyl (C=O) groups is 3. The van der Waals surface area contributed by atoms with Gasteiger partial charge in [0.1, 0.15) is 5.75 Å². The predicted molar refractivity (Wildman–Crippen MR) is 107 cm³/mol. The number of rotatable bonds is 8. The first-order valence-corrected chi connectivity index (χ1v) is 8.69. The molecule has 2 aromatic rings. The molecule has 29 heavy (non-hydrogen) atoms. The highest BCUT2D eigenvalue weighted by Gasteiger charge is 2.15. The standard InChI is InChI=1S/C16H21ClN4O2.2CH2O2/c1-20(2)7-8-21(10-14-9-18-12-19-14)16(22)11-23-15-5-3-13(17)4-6-15;2*2-1-3/h3-6,9,12H,7-8,10-11H2,1-2H3,(H,18,19);2*1H,(H,2,3). The Morgan fingerprint density at radius 3 is 2.24 bits per heavy atom. The number of aromatic nitrogens is 2. The number of hydrogen-bond acceptors (Lipinski definition) is 6. The van der Waals surface area contributed by atoms with Crippen LogP contribution in [0, 0.1) is 0 Å². The lowest BCUT2D eigenvalue weighted by atomic mass is 10.3. The number of carboxylic acid groups (broad SMARTS) is 2. The molecule has 1 aromatic carbocycles. The highest BCUT2D eigenvalue weighted by atomic mass is 35.5. The molecule has 1 aromatic heterocycles. The first kappa shape index (κ1) is 25.9. The number of halogens is 1. The number of aromatic amines is 1. The second kappa shape index (κ2) is 15.9. The van der Waals surface area contributed by atoms with E-state index < -0.39 is 0 Å². The van der Waals surface area contributed by atoms with Crippen LogP contribution in [0.25, 0.3) is 0 Å². The van der Waals surface area contributed by atoms with Gasteiger partial charge in [-0.3, -0.25) is 14.4 Å². The van der Waals surface area contributed by atoms with E-state index in [0.29, 0.717) is 23.9 Å². The molecule has 0 radical (unpaired) electrons. The van der Waals surface area contributed by atoms with E-state index in [1.54, 1.807) is 41.7 Å². The van der Waals surface area contributed by atoms with Crippen LogP contribution in [0.5, 0.6) is 5.75 Å². The minimum absolute atomic E-state index is 0.0107. The summed E-state index contributed by atoms with van der Waals surface area (Å²) >= 11 is 5.83. The fourth-order valence-corrected chi connectivity index (χ4v) is 2.08. The molecule has 160 valence electrons. The zero-order valence-electron chi connectivity index (χ0n) is 16.2. The Morgan fingerprint density at radius 1 is 1.17 bits per heavy atom. The zero-order chi connectivity index (χ0) is 22.1. The maximum absolute atomic E-state index is 12.4. The van der Waals surface area contributed by atoms with Gasteiger partial charge in [-0.2, -0.15) is 0 Å². The molecule has 0 fully saturated rings. The van der Waals surface area contributed by atoms with Crippen LogP contribution in [-0.4, -0.2) is 82.6 Å². The van der Waals surface area contributed by atoms with Gasteiger partial charge in [-0.1, -0.05) is 11.6 Å². The summed E-state index contributed by atoms with van der Waals surface area (Å²) in [6.07, 6.45) is 3.32. The van der Waals surface area contributed by atoms with Crippen molar-refractivity contribution < 1.29 is 29.3 Å². The predicted octanol–water partition coefficient (Wildman–Crippen LogP) is 1.43. The van der Waals surface area contributed by atoms with Crippen LogP contribution in [-0.2, 0) is 20.9 Å². The Morgan fingerprint density at radius 2 is 1.76 bits per heavy atom. The Balaban J connectivity index is 0.00000116. The summed E-state index contributed by atoms with van der Waals surface area (Å²) < 4.78 is 5.54. The van der Waals surface area contributed by atoms with E-state index >= 15 is 0 Å². The van der Waals surface area contributed by atoms with Crippen molar-refractivity contribution in [2.45, 2.75) is 6.54 Å². The first-order valence-electron chi connectivity index (χ1n) is 8.31. The van der Waals surface area contributed by atoms with Gasteiger partial charge in [-0.25, -0.2) is 4.98 Å². The number of nitrogens with zero attached hydrogens (tertiary/aromatic N) is 3. The van der Waals surface area contributed by atoms with Crippen molar-refractivity contribution in [1.29, 1.82) is 0 Å². The smallest absolute Gasteiger partial charge is 0.290 e. The maximum Gasteiger partial charge on any atom is 0.290 e. The van der Waals surface area contributed by atoms with Gasteiger partial charge in [0.05, 0.1) is 18.6 Å². The minimum Gasteiger partial charge on any atom is -0.484 e. The summed E-state index contributed by atoms with van der Waals surface area (Å²) in [4.78, 5) is 40.0. The van der Waals surface area contributed by atoms with Crippen molar-refractivity contribution in [3.05, 3.63) is 47.5 Å². The van der Waals surface area contributed by atoms with Crippen molar-refractivity contribution in [3.63, 3.8) is 0 Å². The highest BCUT2D eigenvalue weighted by molar-refractivity contribution is 6.30. The fourth-order valence-electron chi connectivity index (χ4n) is 1.96. The number of likely N-dealkylation sites (N-methyl/N-ethyl adjacent to an activating group) is 1. The Hall–Kier alpha value is -3.11. The van der Waals surface area contributed by atoms with Crippen LogP contribution in [0.3, 0.4) is 0 Å². The number of benzene rings is 1. The van der Waals surface area contributed by atoms with E-state index in [1.807, 2.05) is 19.0 Å². The van der Waals surface area contributed by atoms with Gasteiger partial charge in [-0.05, 0) is 38.4 Å². The quantitative estimate of drug-likeness (QED) is 0.537. The second-order valence-corrected chi connectivity index (χ2v) is 6.09. The molecule has 1 amide bonds. The third-order valence-electron chi connectivity index (χ3n) is 3.26. The normalized spacial score (nSPS) is 9.38. The molecule has 0 spiro atoms. The first-order chi connectivity index (χ1) is 13.9. The zero-order valence-corrected chi connectivity index (χ0v) is 17.0. The summed E-state index contributed by atoms with van der Waals surface area (Å²) in [7, 11) is 3.95. The molecule has 2 rings (SSSR count). The van der Waals surface area contributed by atoms with E-state index in [-0.39, 0.29) is 25.5 Å². The van der Waals surface area contributed by atoms with Gasteiger partial charge < -0.3 is 29.7 Å². The van der Waals surface area contributed by atoms with Crippen molar-refractivity contribution >= 4 is 30.5 Å². The molecule has 3 N–H and O–H groups in total. The molecular formula is C18H25ClN4O6. The average Bonchev–Trinajstić information content (AvgIpc) is 3.19. The summed E-state index contributed by atoms with van der Waals surface area (Å²) in [6.45, 7) is 1.37. The monoisotopic (exact) mass is 428 g/mol. The van der Waals surface area contributed by atoms with Gasteiger partial charge in [0.25, 0.3) is 18.9 Å². The molecule has 0 saturated carbocycles. The topological polar surface area (TPSA) is 136 Å². The van der Waals surface area contributed by atoms with Crippen LogP contribution < -0.4 is 4.74 Å². The van der Waals surface area contributed by atoms with Crippen LogP contribution in [0.2, 0.25) is 5.02 Å². The van der Waals surface area contributed by atoms with Crippen LogP contribution >= 0.6 is 11.6 Å². The molecule has 0 atom stereocenters. The highest BCUT2D eigenvalue weighted by Crippen LogP contribution is 2.15. The van der Waals surface area contributed by atoms with E-state index in [0.717, 1.165) is 12.2 Å². The molecule has 10 nitrogen and oxygen atoms in total. The second-order valence-electron chi connectivity index (χ2n) is 5.65. The van der Waals surface area contributed by atoms with Crippen molar-refractivity contribution in [2.75, 3.05) is 33.8 Å². The van der Waals surface area contributed by atoms with Crippen molar-refractivity contribution in [1.82, 2.24) is 19.8 Å². The van der Waals surface area contributed by atoms with Crippen LogP contribution in [0.15, 0.2) is 36.8 Å². The maximum atomic E-state index is 12.4. The lowest BCUT2D eigenvalue weighted by Gasteiger charge is -2.24. The molecule has 0 aliphatic heterocycles. The Bertz CT molecular complexity index is 689. The summed E-state index contributed by atoms with van der Waals surface area (Å²) in [5.74, 6) is 0.549. The number of amides is 1. The lowest BCUT2D eigenvalue weighted by Crippen LogP contribution is -2.39. The number of nitrogens with one attached hydrogen (secondary N) is 1. The summed E-state index contributed by atoms with van der Waals surface area (Å²) in [6, 6.07) is 6.95. The largest absolute Gasteiger partial charge is 0.484 e. The molecule has 0 saturated heterocycles. The summed E-state index contributed by atoms with van der Waals surface area (Å²) in [5.41, 5.74) is 0.892. The van der Waals surface area contributed by atoms with E-state index in [1.165, 1.54) is 0 Å².